The van der Waals surface area contributed by atoms with E-state index < -0.39 is 5.38 Å². The van der Waals surface area contributed by atoms with Crippen LogP contribution in [-0.2, 0) is 4.79 Å². The van der Waals surface area contributed by atoms with E-state index in [1.165, 1.54) is 43.4 Å². The van der Waals surface area contributed by atoms with Crippen LogP contribution in [0.5, 0.6) is 0 Å². The monoisotopic (exact) mass is 273 g/mol. The molecule has 0 saturated heterocycles. The maximum atomic E-state index is 11.4. The van der Waals surface area contributed by atoms with Crippen LogP contribution >= 0.6 is 22.9 Å². The molecule has 0 spiro atoms. The molecule has 4 nitrogen and oxygen atoms in total. The minimum Gasteiger partial charge on any atom is -0.299 e. The minimum atomic E-state index is -0.544. The van der Waals surface area contributed by atoms with Crippen molar-refractivity contribution in [1.82, 2.24) is 10.2 Å². The third-order valence-electron chi connectivity index (χ3n) is 2.99. The first kappa shape index (κ1) is 12.8. The summed E-state index contributed by atoms with van der Waals surface area (Å²) >= 11 is 7.15. The zero-order valence-electron chi connectivity index (χ0n) is 9.78. The Labute approximate surface area is 110 Å². The Morgan fingerprint density at radius 1 is 1.41 bits per heavy atom. The molecule has 0 aromatic carbocycles. The van der Waals surface area contributed by atoms with Gasteiger partial charge in [-0.2, -0.15) is 0 Å². The number of alkyl halides is 1. The summed E-state index contributed by atoms with van der Waals surface area (Å²) in [5.41, 5.74) is 0. The second kappa shape index (κ2) is 5.78. The van der Waals surface area contributed by atoms with Gasteiger partial charge in [0.05, 0.1) is 0 Å². The summed E-state index contributed by atoms with van der Waals surface area (Å²) < 4.78 is 0. The van der Waals surface area contributed by atoms with E-state index in [2.05, 4.69) is 15.5 Å². The molecule has 17 heavy (non-hydrogen) atoms. The first-order valence-electron chi connectivity index (χ1n) is 5.95. The number of hydrogen-bond acceptors (Lipinski definition) is 4. The SMILES string of the molecule is CC(Cl)C(=O)Nc1nnc(C2CCCCC2)s1. The number of rotatable bonds is 3. The Morgan fingerprint density at radius 3 is 2.76 bits per heavy atom. The lowest BCUT2D eigenvalue weighted by Crippen LogP contribution is -2.20. The lowest BCUT2D eigenvalue weighted by molar-refractivity contribution is -0.115. The largest absolute Gasteiger partial charge is 0.299 e. The Morgan fingerprint density at radius 2 is 2.12 bits per heavy atom. The van der Waals surface area contributed by atoms with Gasteiger partial charge >= 0.3 is 0 Å². The van der Waals surface area contributed by atoms with Crippen molar-refractivity contribution in [2.45, 2.75) is 50.3 Å². The van der Waals surface area contributed by atoms with Gasteiger partial charge in [0.15, 0.2) is 0 Å². The number of carbonyl (C=O) groups is 1. The van der Waals surface area contributed by atoms with E-state index >= 15 is 0 Å². The van der Waals surface area contributed by atoms with Crippen LogP contribution < -0.4 is 5.32 Å². The van der Waals surface area contributed by atoms with Gasteiger partial charge in [0.1, 0.15) is 10.4 Å². The highest BCUT2D eigenvalue weighted by Crippen LogP contribution is 2.35. The van der Waals surface area contributed by atoms with E-state index in [0.29, 0.717) is 11.0 Å². The second-order valence-corrected chi connectivity index (χ2v) is 6.05. The molecule has 1 atom stereocenters. The second-order valence-electron chi connectivity index (χ2n) is 4.39. The number of nitrogens with zero attached hydrogens (tertiary/aromatic N) is 2. The molecule has 1 fully saturated rings. The number of carbonyl (C=O) groups excluding carboxylic acids is 1. The minimum absolute atomic E-state index is 0.224. The molecule has 0 aliphatic heterocycles. The molecule has 1 N–H and O–H groups in total. The lowest BCUT2D eigenvalue weighted by atomic mass is 9.90. The fourth-order valence-electron chi connectivity index (χ4n) is 2.00. The van der Waals surface area contributed by atoms with Crippen LogP contribution in [0.3, 0.4) is 0 Å². The maximum absolute atomic E-state index is 11.4. The summed E-state index contributed by atoms with van der Waals surface area (Å²) in [7, 11) is 0. The topological polar surface area (TPSA) is 54.9 Å². The molecule has 0 radical (unpaired) electrons. The molecular weight excluding hydrogens is 258 g/mol. The third kappa shape index (κ3) is 3.39. The Kier molecular flexibility index (Phi) is 4.34. The van der Waals surface area contributed by atoms with Crippen LogP contribution in [0, 0.1) is 0 Å². The van der Waals surface area contributed by atoms with Crippen LogP contribution in [-0.4, -0.2) is 21.5 Å². The van der Waals surface area contributed by atoms with Gasteiger partial charge in [0.25, 0.3) is 0 Å². The Hall–Kier alpha value is -0.680. The van der Waals surface area contributed by atoms with Gasteiger partial charge in [-0.15, -0.1) is 21.8 Å². The van der Waals surface area contributed by atoms with Crippen molar-refractivity contribution in [1.29, 1.82) is 0 Å². The van der Waals surface area contributed by atoms with Crippen LogP contribution in [0.25, 0.3) is 0 Å². The van der Waals surface area contributed by atoms with Crippen molar-refractivity contribution in [3.8, 4) is 0 Å². The number of amides is 1. The lowest BCUT2D eigenvalue weighted by Gasteiger charge is -2.18. The first-order valence-corrected chi connectivity index (χ1v) is 7.20. The van der Waals surface area contributed by atoms with E-state index in [1.807, 2.05) is 0 Å². The summed E-state index contributed by atoms with van der Waals surface area (Å²) in [6, 6.07) is 0. The molecule has 1 aromatic heterocycles. The molecule has 1 unspecified atom stereocenters. The third-order valence-corrected chi connectivity index (χ3v) is 4.19. The number of nitrogens with one attached hydrogen (secondary N) is 1. The van der Waals surface area contributed by atoms with E-state index in [-0.39, 0.29) is 5.91 Å². The van der Waals surface area contributed by atoms with Crippen molar-refractivity contribution in [2.24, 2.45) is 0 Å². The maximum Gasteiger partial charge on any atom is 0.243 e. The Balaban J connectivity index is 1.97. The summed E-state index contributed by atoms with van der Waals surface area (Å²) in [4.78, 5) is 11.4. The fraction of sp³-hybridized carbons (Fsp3) is 0.727. The summed E-state index contributed by atoms with van der Waals surface area (Å²) in [6.45, 7) is 1.64. The van der Waals surface area contributed by atoms with Crippen molar-refractivity contribution >= 4 is 34.0 Å². The smallest absolute Gasteiger partial charge is 0.243 e. The Bertz CT molecular complexity index is 388. The normalized spacial score (nSPS) is 18.9. The molecular formula is C11H16ClN3OS. The molecule has 1 aromatic rings. The average Bonchev–Trinajstić information content (AvgIpc) is 2.78. The summed E-state index contributed by atoms with van der Waals surface area (Å²) in [5.74, 6) is 0.304. The van der Waals surface area contributed by atoms with Gasteiger partial charge in [0.2, 0.25) is 11.0 Å². The van der Waals surface area contributed by atoms with Crippen molar-refractivity contribution < 1.29 is 4.79 Å². The zero-order valence-corrected chi connectivity index (χ0v) is 11.4. The van der Waals surface area contributed by atoms with Crippen LogP contribution in [0.4, 0.5) is 5.13 Å². The molecule has 1 aliphatic carbocycles. The molecule has 0 bridgehead atoms. The van der Waals surface area contributed by atoms with E-state index in [4.69, 9.17) is 11.6 Å². The summed E-state index contributed by atoms with van der Waals surface area (Å²) in [6.07, 6.45) is 6.24. The fourth-order valence-corrected chi connectivity index (χ4v) is 2.97. The van der Waals surface area contributed by atoms with Crippen LogP contribution in [0.15, 0.2) is 0 Å². The molecule has 1 heterocycles. The van der Waals surface area contributed by atoms with Gasteiger partial charge < -0.3 is 0 Å². The first-order chi connectivity index (χ1) is 8.16. The van der Waals surface area contributed by atoms with Crippen molar-refractivity contribution in [2.75, 3.05) is 5.32 Å². The molecule has 2 rings (SSSR count). The molecule has 1 amide bonds. The van der Waals surface area contributed by atoms with Gasteiger partial charge in [0, 0.05) is 5.92 Å². The quantitative estimate of drug-likeness (QED) is 0.861. The highest BCUT2D eigenvalue weighted by atomic mass is 35.5. The van der Waals surface area contributed by atoms with Gasteiger partial charge in [-0.3, -0.25) is 10.1 Å². The van der Waals surface area contributed by atoms with Gasteiger partial charge in [-0.25, -0.2) is 0 Å². The van der Waals surface area contributed by atoms with Crippen LogP contribution in [0.1, 0.15) is 50.0 Å². The zero-order chi connectivity index (χ0) is 12.3. The average molecular weight is 274 g/mol. The molecule has 94 valence electrons. The summed E-state index contributed by atoms with van der Waals surface area (Å²) in [5, 5.41) is 11.9. The number of aromatic nitrogens is 2. The van der Waals surface area contributed by atoms with Gasteiger partial charge in [-0.1, -0.05) is 30.6 Å². The van der Waals surface area contributed by atoms with E-state index in [9.17, 15) is 4.79 Å². The predicted octanol–water partition coefficient (Wildman–Crippen LogP) is 3.15. The molecule has 1 aliphatic rings. The van der Waals surface area contributed by atoms with E-state index in [0.717, 1.165) is 5.01 Å². The molecule has 6 heteroatoms. The van der Waals surface area contributed by atoms with Gasteiger partial charge in [-0.05, 0) is 19.8 Å². The van der Waals surface area contributed by atoms with E-state index in [1.54, 1.807) is 6.92 Å². The highest BCUT2D eigenvalue weighted by molar-refractivity contribution is 7.15. The van der Waals surface area contributed by atoms with Crippen LogP contribution in [0.2, 0.25) is 0 Å². The number of hydrogen-bond donors (Lipinski definition) is 1. The number of halogens is 1. The molecule has 1 saturated carbocycles. The highest BCUT2D eigenvalue weighted by Gasteiger charge is 2.20. The standard InChI is InChI=1S/C11H16ClN3OS/c1-7(12)9(16)13-11-15-14-10(17-11)8-5-3-2-4-6-8/h7-8H,2-6H2,1H3,(H,13,15,16). The number of anilines is 1. The van der Waals surface area contributed by atoms with Crippen molar-refractivity contribution in [3.05, 3.63) is 5.01 Å². The van der Waals surface area contributed by atoms with Crippen molar-refractivity contribution in [3.63, 3.8) is 0 Å². The predicted molar refractivity (Wildman–Crippen MR) is 69.7 cm³/mol.